The zero-order valence-corrected chi connectivity index (χ0v) is 20.0. The van der Waals surface area contributed by atoms with Gasteiger partial charge in [0, 0.05) is 25.7 Å². The summed E-state index contributed by atoms with van der Waals surface area (Å²) in [6.07, 6.45) is 0.837. The Hall–Kier alpha value is -2.67. The highest BCUT2D eigenvalue weighted by molar-refractivity contribution is 8.23. The molecule has 4 aromatic rings. The molecule has 0 atom stereocenters. The van der Waals surface area contributed by atoms with Crippen molar-refractivity contribution in [2.75, 3.05) is 0 Å². The second kappa shape index (κ2) is 11.3. The van der Waals surface area contributed by atoms with Gasteiger partial charge in [0.05, 0.1) is 4.21 Å². The number of aryl methyl sites for hydroxylation is 2. The van der Waals surface area contributed by atoms with Crippen LogP contribution in [0.1, 0.15) is 16.7 Å². The van der Waals surface area contributed by atoms with Crippen LogP contribution >= 0.6 is 35.5 Å². The average molecular weight is 477 g/mol. The molecule has 1 aromatic heterocycles. The maximum atomic E-state index is 12.5. The third kappa shape index (κ3) is 6.42. The zero-order valence-electron chi connectivity index (χ0n) is 17.6. The number of thiocarbonyl (C=S) groups is 1. The van der Waals surface area contributed by atoms with Crippen LogP contribution in [0.25, 0.3) is 0 Å². The molecule has 0 unspecified atom stereocenters. The van der Waals surface area contributed by atoms with E-state index in [1.165, 1.54) is 40.0 Å². The summed E-state index contributed by atoms with van der Waals surface area (Å²) >= 11 is 8.83. The molecule has 0 saturated heterocycles. The van der Waals surface area contributed by atoms with E-state index in [4.69, 9.17) is 12.2 Å². The van der Waals surface area contributed by atoms with E-state index in [1.807, 2.05) is 58.6 Å². The lowest BCUT2D eigenvalue weighted by molar-refractivity contribution is 0.421. The Bertz CT molecular complexity index is 1150. The van der Waals surface area contributed by atoms with E-state index in [-0.39, 0.29) is 5.56 Å². The summed E-state index contributed by atoms with van der Waals surface area (Å²) in [4.78, 5) is 14.7. The van der Waals surface area contributed by atoms with E-state index < -0.39 is 0 Å². The maximum Gasteiger partial charge on any atom is 0.261 e. The molecule has 0 fully saturated rings. The lowest BCUT2D eigenvalue weighted by Gasteiger charge is -2.24. The van der Waals surface area contributed by atoms with Gasteiger partial charge in [0.25, 0.3) is 5.56 Å². The fourth-order valence-electron chi connectivity index (χ4n) is 3.38. The Labute approximate surface area is 202 Å². The molecule has 0 bridgehead atoms. The van der Waals surface area contributed by atoms with Crippen LogP contribution < -0.4 is 5.56 Å². The van der Waals surface area contributed by atoms with Gasteiger partial charge in [-0.1, -0.05) is 103 Å². The van der Waals surface area contributed by atoms with E-state index in [0.29, 0.717) is 6.54 Å². The normalized spacial score (nSPS) is 10.8. The maximum absolute atomic E-state index is 12.5. The Morgan fingerprint density at radius 1 is 0.812 bits per heavy atom. The molecule has 6 heteroatoms. The molecule has 0 aliphatic rings. The van der Waals surface area contributed by atoms with Crippen molar-refractivity contribution in [3.05, 3.63) is 124 Å². The summed E-state index contributed by atoms with van der Waals surface area (Å²) in [5.74, 6) is 0. The monoisotopic (exact) mass is 476 g/mol. The Morgan fingerprint density at radius 3 is 1.84 bits per heavy atom. The average Bonchev–Trinajstić information content (AvgIpc) is 3.18. The highest BCUT2D eigenvalue weighted by Gasteiger charge is 2.15. The number of rotatable bonds is 8. The van der Waals surface area contributed by atoms with Crippen LogP contribution in [0.2, 0.25) is 0 Å². The minimum absolute atomic E-state index is 0.0360. The summed E-state index contributed by atoms with van der Waals surface area (Å²) in [6.45, 7) is 2.13. The van der Waals surface area contributed by atoms with Gasteiger partial charge in [0.15, 0.2) is 0 Å². The molecule has 4 rings (SSSR count). The van der Waals surface area contributed by atoms with E-state index in [0.717, 1.165) is 28.0 Å². The van der Waals surface area contributed by atoms with Gasteiger partial charge < -0.3 is 4.90 Å². The lowest BCUT2D eigenvalue weighted by atomic mass is 10.2. The highest BCUT2D eigenvalue weighted by atomic mass is 32.2. The number of hydrogen-bond donors (Lipinski definition) is 0. The first-order valence-corrected chi connectivity index (χ1v) is 12.5. The largest absolute Gasteiger partial charge is 0.349 e. The van der Waals surface area contributed by atoms with Gasteiger partial charge in [-0.05, 0) is 46.4 Å². The first kappa shape index (κ1) is 22.5. The van der Waals surface area contributed by atoms with Crippen molar-refractivity contribution in [1.29, 1.82) is 0 Å². The number of thioether (sulfide) groups is 1. The van der Waals surface area contributed by atoms with Crippen LogP contribution in [0.5, 0.6) is 0 Å². The van der Waals surface area contributed by atoms with Crippen LogP contribution in [0.4, 0.5) is 0 Å². The molecule has 1 heterocycles. The van der Waals surface area contributed by atoms with Crippen LogP contribution in [0.3, 0.4) is 0 Å². The first-order chi connectivity index (χ1) is 15.7. The molecule has 0 aliphatic heterocycles. The summed E-state index contributed by atoms with van der Waals surface area (Å²) in [7, 11) is 0. The van der Waals surface area contributed by atoms with Crippen molar-refractivity contribution >= 4 is 39.8 Å². The van der Waals surface area contributed by atoms with Crippen molar-refractivity contribution in [3.8, 4) is 0 Å². The second-order valence-corrected chi connectivity index (χ2v) is 10.4. The predicted molar refractivity (Wildman–Crippen MR) is 139 cm³/mol. The molecule has 32 heavy (non-hydrogen) atoms. The smallest absolute Gasteiger partial charge is 0.261 e. The van der Waals surface area contributed by atoms with Gasteiger partial charge in [0.2, 0.25) is 0 Å². The van der Waals surface area contributed by atoms with Crippen molar-refractivity contribution in [2.45, 2.75) is 30.3 Å². The molecule has 162 valence electrons. The SMILES string of the molecule is O=c1cc(SC(=S)N(Cc2ccccc2)Cc2ccccc2)sn1CCc1ccccc1. The van der Waals surface area contributed by atoms with Crippen LogP contribution in [-0.4, -0.2) is 13.2 Å². The van der Waals surface area contributed by atoms with E-state index in [9.17, 15) is 4.79 Å². The van der Waals surface area contributed by atoms with Crippen molar-refractivity contribution in [2.24, 2.45) is 0 Å². The summed E-state index contributed by atoms with van der Waals surface area (Å²) in [6, 6.07) is 32.6. The third-order valence-corrected chi connectivity index (χ3v) is 7.63. The Kier molecular flexibility index (Phi) is 7.93. The van der Waals surface area contributed by atoms with Gasteiger partial charge in [-0.3, -0.25) is 8.75 Å². The summed E-state index contributed by atoms with van der Waals surface area (Å²) < 4.78 is 3.52. The Morgan fingerprint density at radius 2 is 1.31 bits per heavy atom. The second-order valence-electron chi connectivity index (χ2n) is 7.43. The Balaban J connectivity index is 1.45. The van der Waals surface area contributed by atoms with E-state index in [1.54, 1.807) is 6.07 Å². The zero-order chi connectivity index (χ0) is 22.2. The molecule has 3 nitrogen and oxygen atoms in total. The standard InChI is InChI=1S/C26H24N2OS3/c29-24-18-25(32-28(24)17-16-21-10-4-1-5-11-21)31-26(30)27(19-22-12-6-2-7-13-22)20-23-14-8-3-9-15-23/h1-15,18H,16-17,19-20H2. The van der Waals surface area contributed by atoms with Gasteiger partial charge in [-0.15, -0.1) is 0 Å². The van der Waals surface area contributed by atoms with E-state index >= 15 is 0 Å². The number of nitrogens with zero attached hydrogens (tertiary/aromatic N) is 2. The number of hydrogen-bond acceptors (Lipinski definition) is 4. The molecule has 0 amide bonds. The van der Waals surface area contributed by atoms with Crippen molar-refractivity contribution in [1.82, 2.24) is 8.86 Å². The van der Waals surface area contributed by atoms with Gasteiger partial charge in [-0.25, -0.2) is 0 Å². The van der Waals surface area contributed by atoms with Crippen LogP contribution in [0, 0.1) is 0 Å². The highest BCUT2D eigenvalue weighted by Crippen LogP contribution is 2.27. The fraction of sp³-hybridized carbons (Fsp3) is 0.154. The summed E-state index contributed by atoms with van der Waals surface area (Å²) in [5.41, 5.74) is 3.68. The molecule has 0 spiro atoms. The topological polar surface area (TPSA) is 25.2 Å². The van der Waals surface area contributed by atoms with E-state index in [2.05, 4.69) is 41.3 Å². The minimum atomic E-state index is 0.0360. The fourth-order valence-corrected chi connectivity index (χ4v) is 5.87. The number of benzene rings is 3. The predicted octanol–water partition coefficient (Wildman–Crippen LogP) is 6.23. The quantitative estimate of drug-likeness (QED) is 0.222. The molecule has 0 N–H and O–H groups in total. The summed E-state index contributed by atoms with van der Waals surface area (Å²) in [5, 5.41) is 0. The van der Waals surface area contributed by atoms with Crippen LogP contribution in [-0.2, 0) is 26.1 Å². The molecule has 0 aliphatic carbocycles. The molecule has 3 aromatic carbocycles. The molecule has 0 saturated carbocycles. The molecular weight excluding hydrogens is 453 g/mol. The van der Waals surface area contributed by atoms with Gasteiger partial charge in [0.1, 0.15) is 4.32 Å². The van der Waals surface area contributed by atoms with Crippen molar-refractivity contribution < 1.29 is 0 Å². The minimum Gasteiger partial charge on any atom is -0.349 e. The van der Waals surface area contributed by atoms with Gasteiger partial charge in [-0.2, -0.15) is 0 Å². The first-order valence-electron chi connectivity index (χ1n) is 10.5. The lowest BCUT2D eigenvalue weighted by Crippen LogP contribution is -2.26. The molecule has 0 radical (unpaired) electrons. The third-order valence-electron chi connectivity index (χ3n) is 5.01. The van der Waals surface area contributed by atoms with Crippen molar-refractivity contribution in [3.63, 3.8) is 0 Å². The number of aromatic nitrogens is 1. The van der Waals surface area contributed by atoms with Gasteiger partial charge >= 0.3 is 0 Å². The molecular formula is C26H24N2OS3. The van der Waals surface area contributed by atoms with Crippen LogP contribution in [0.15, 0.2) is 106 Å².